The molecule has 0 bridgehead atoms. The molecule has 2 heterocycles. The molecule has 0 aliphatic carbocycles. The van der Waals surface area contributed by atoms with E-state index in [0.717, 1.165) is 0 Å². The lowest BCUT2D eigenvalue weighted by Gasteiger charge is -2.32. The number of halogens is 2. The molecular formula is C20H19ClFN5O3. The van der Waals surface area contributed by atoms with Crippen LogP contribution in [0.3, 0.4) is 0 Å². The summed E-state index contributed by atoms with van der Waals surface area (Å²) in [4.78, 5) is 22.4. The molecule has 4 rings (SSSR count). The lowest BCUT2D eigenvalue weighted by atomic mass is 10.2. The van der Waals surface area contributed by atoms with Gasteiger partial charge in [-0.05, 0) is 25.1 Å². The second-order valence-electron chi connectivity index (χ2n) is 6.90. The predicted molar refractivity (Wildman–Crippen MR) is 111 cm³/mol. The highest BCUT2D eigenvalue weighted by Gasteiger charge is 2.25. The fourth-order valence-corrected chi connectivity index (χ4v) is 3.42. The number of carbonyl (C=O) groups is 1. The van der Waals surface area contributed by atoms with Gasteiger partial charge in [-0.25, -0.2) is 19.2 Å². The molecule has 1 aliphatic rings. The number of carbonyl (C=O) groups excluding carboxylic acids is 1. The quantitative estimate of drug-likeness (QED) is 0.581. The van der Waals surface area contributed by atoms with Crippen LogP contribution in [0.1, 0.15) is 6.92 Å². The summed E-state index contributed by atoms with van der Waals surface area (Å²) in [5, 5.41) is 16.8. The first-order valence-corrected chi connectivity index (χ1v) is 9.69. The summed E-state index contributed by atoms with van der Waals surface area (Å²) in [5.74, 6) is -0.627. The molecule has 156 valence electrons. The number of nitrogens with one attached hydrogen (secondary N) is 2. The van der Waals surface area contributed by atoms with E-state index in [4.69, 9.17) is 16.3 Å². The highest BCUT2D eigenvalue weighted by atomic mass is 35.5. The topological polar surface area (TPSA) is 99.6 Å². The third kappa shape index (κ3) is 3.94. The molecule has 1 saturated heterocycles. The van der Waals surface area contributed by atoms with Crippen LogP contribution in [0.4, 0.5) is 20.7 Å². The molecule has 1 unspecified atom stereocenters. The Hall–Kier alpha value is -3.17. The van der Waals surface area contributed by atoms with Gasteiger partial charge in [-0.2, -0.15) is 0 Å². The Morgan fingerprint density at radius 1 is 1.40 bits per heavy atom. The number of benzene rings is 2. The Morgan fingerprint density at radius 3 is 3.03 bits per heavy atom. The summed E-state index contributed by atoms with van der Waals surface area (Å²) in [5.41, 5.74) is 0.520. The van der Waals surface area contributed by atoms with Gasteiger partial charge in [0.15, 0.2) is 17.3 Å². The number of hydrogen-bond donors (Lipinski definition) is 3. The number of piperazine rings is 1. The largest absolute Gasteiger partial charge is 0.504 e. The highest BCUT2D eigenvalue weighted by molar-refractivity contribution is 6.31. The molecule has 0 saturated carbocycles. The van der Waals surface area contributed by atoms with Crippen molar-refractivity contribution in [2.45, 2.75) is 13.0 Å². The molecule has 8 nitrogen and oxygen atoms in total. The lowest BCUT2D eigenvalue weighted by molar-refractivity contribution is 0.123. The van der Waals surface area contributed by atoms with Gasteiger partial charge in [0, 0.05) is 37.1 Å². The number of amides is 1. The minimum atomic E-state index is -0.621. The number of nitrogens with zero attached hydrogens (tertiary/aromatic N) is 3. The van der Waals surface area contributed by atoms with E-state index in [1.165, 1.54) is 30.6 Å². The Kier molecular flexibility index (Phi) is 5.56. The molecular weight excluding hydrogens is 413 g/mol. The minimum Gasteiger partial charge on any atom is -0.504 e. The van der Waals surface area contributed by atoms with Gasteiger partial charge in [0.05, 0.1) is 16.2 Å². The second kappa shape index (κ2) is 8.29. The van der Waals surface area contributed by atoms with Crippen molar-refractivity contribution in [1.29, 1.82) is 0 Å². The van der Waals surface area contributed by atoms with Crippen LogP contribution < -0.4 is 15.4 Å². The van der Waals surface area contributed by atoms with Gasteiger partial charge in [-0.15, -0.1) is 0 Å². The van der Waals surface area contributed by atoms with Crippen LogP contribution in [0.15, 0.2) is 36.7 Å². The molecule has 1 amide bonds. The lowest BCUT2D eigenvalue weighted by Crippen LogP contribution is -2.53. The zero-order valence-corrected chi connectivity index (χ0v) is 16.8. The predicted octanol–water partition coefficient (Wildman–Crippen LogP) is 3.66. The van der Waals surface area contributed by atoms with E-state index in [0.29, 0.717) is 30.5 Å². The fraction of sp³-hybridized carbons (Fsp3) is 0.250. The molecule has 1 aromatic heterocycles. The van der Waals surface area contributed by atoms with Gasteiger partial charge in [-0.3, -0.25) is 0 Å². The van der Waals surface area contributed by atoms with E-state index in [1.807, 2.05) is 6.92 Å². The zero-order valence-electron chi connectivity index (χ0n) is 16.0. The summed E-state index contributed by atoms with van der Waals surface area (Å²) in [7, 11) is 0. The van der Waals surface area contributed by atoms with Crippen molar-refractivity contribution in [2.24, 2.45) is 0 Å². The van der Waals surface area contributed by atoms with Gasteiger partial charge >= 0.3 is 6.09 Å². The number of ether oxygens (including phenoxy) is 1. The third-order valence-corrected chi connectivity index (χ3v) is 5.15. The number of fused-ring (bicyclic) bond motifs is 1. The SMILES string of the molecule is CC1CNCCN1C(=O)Oc1cc2c(Nc3cccc(Cl)c3F)ncnc2cc1O. The van der Waals surface area contributed by atoms with E-state index < -0.39 is 11.9 Å². The summed E-state index contributed by atoms with van der Waals surface area (Å²) in [6.07, 6.45) is 0.714. The van der Waals surface area contributed by atoms with Crippen LogP contribution in [0.2, 0.25) is 5.02 Å². The third-order valence-electron chi connectivity index (χ3n) is 4.85. The highest BCUT2D eigenvalue weighted by Crippen LogP contribution is 2.35. The van der Waals surface area contributed by atoms with Gasteiger partial charge < -0.3 is 25.4 Å². The Balaban J connectivity index is 1.67. The van der Waals surface area contributed by atoms with Crippen LogP contribution in [-0.2, 0) is 0 Å². The maximum Gasteiger partial charge on any atom is 0.415 e. The normalized spacial score (nSPS) is 16.5. The van der Waals surface area contributed by atoms with E-state index in [9.17, 15) is 14.3 Å². The van der Waals surface area contributed by atoms with Crippen molar-refractivity contribution in [1.82, 2.24) is 20.2 Å². The second-order valence-corrected chi connectivity index (χ2v) is 7.31. The Labute approximate surface area is 176 Å². The monoisotopic (exact) mass is 431 g/mol. The molecule has 30 heavy (non-hydrogen) atoms. The summed E-state index contributed by atoms with van der Waals surface area (Å²) in [6, 6.07) is 7.32. The van der Waals surface area contributed by atoms with Crippen molar-refractivity contribution in [3.63, 3.8) is 0 Å². The van der Waals surface area contributed by atoms with Gasteiger partial charge in [-0.1, -0.05) is 17.7 Å². The number of phenolic OH excluding ortho intramolecular Hbond substituents is 1. The van der Waals surface area contributed by atoms with Crippen molar-refractivity contribution in [3.05, 3.63) is 47.5 Å². The van der Waals surface area contributed by atoms with E-state index in [1.54, 1.807) is 11.0 Å². The molecule has 3 aromatic rings. The van der Waals surface area contributed by atoms with Crippen molar-refractivity contribution >= 4 is 40.1 Å². The first-order valence-electron chi connectivity index (χ1n) is 9.32. The minimum absolute atomic E-state index is 0.0317. The Bertz CT molecular complexity index is 1110. The molecule has 1 aliphatic heterocycles. The summed E-state index contributed by atoms with van der Waals surface area (Å²) >= 11 is 5.84. The average Bonchev–Trinajstić information content (AvgIpc) is 2.72. The van der Waals surface area contributed by atoms with E-state index in [2.05, 4.69) is 20.6 Å². The van der Waals surface area contributed by atoms with E-state index >= 15 is 0 Å². The van der Waals surface area contributed by atoms with Crippen molar-refractivity contribution < 1.29 is 19.0 Å². The zero-order chi connectivity index (χ0) is 21.3. The molecule has 0 radical (unpaired) electrons. The van der Waals surface area contributed by atoms with Gasteiger partial charge in [0.2, 0.25) is 0 Å². The smallest absolute Gasteiger partial charge is 0.415 e. The van der Waals surface area contributed by atoms with Crippen LogP contribution in [0.25, 0.3) is 10.9 Å². The first-order chi connectivity index (χ1) is 14.4. The standard InChI is InChI=1S/C20H19ClFN5O3/c1-11-9-23-5-6-27(11)20(29)30-17-7-12-15(8-16(17)28)24-10-25-19(12)26-14-4-2-3-13(21)18(14)22/h2-4,7-8,10-11,23,28H,5-6,9H2,1H3,(H,24,25,26). The van der Waals surface area contributed by atoms with Crippen LogP contribution in [0.5, 0.6) is 11.5 Å². The number of hydrogen-bond acceptors (Lipinski definition) is 7. The number of aromatic hydroxyl groups is 1. The van der Waals surface area contributed by atoms with E-state index in [-0.39, 0.29) is 34.1 Å². The van der Waals surface area contributed by atoms with Crippen LogP contribution in [0, 0.1) is 5.82 Å². The molecule has 10 heteroatoms. The number of phenols is 1. The number of anilines is 2. The van der Waals surface area contributed by atoms with Crippen LogP contribution >= 0.6 is 11.6 Å². The first kappa shape index (κ1) is 20.1. The van der Waals surface area contributed by atoms with Crippen LogP contribution in [-0.4, -0.2) is 51.7 Å². The average molecular weight is 432 g/mol. The number of aromatic nitrogens is 2. The van der Waals surface area contributed by atoms with Gasteiger partial charge in [0.1, 0.15) is 12.1 Å². The Morgan fingerprint density at radius 2 is 2.23 bits per heavy atom. The number of rotatable bonds is 3. The van der Waals surface area contributed by atoms with Crippen molar-refractivity contribution in [3.8, 4) is 11.5 Å². The molecule has 1 atom stereocenters. The maximum atomic E-state index is 14.3. The van der Waals surface area contributed by atoms with Gasteiger partial charge in [0.25, 0.3) is 0 Å². The molecule has 1 fully saturated rings. The maximum absolute atomic E-state index is 14.3. The fourth-order valence-electron chi connectivity index (χ4n) is 3.25. The summed E-state index contributed by atoms with van der Waals surface area (Å²) < 4.78 is 19.7. The van der Waals surface area contributed by atoms with Crippen molar-refractivity contribution in [2.75, 3.05) is 25.0 Å². The molecule has 2 aromatic carbocycles. The molecule has 3 N–H and O–H groups in total. The summed E-state index contributed by atoms with van der Waals surface area (Å²) in [6.45, 7) is 3.73. The molecule has 0 spiro atoms.